The first kappa shape index (κ1) is 104. The monoisotopic (exact) mass is 1780 g/mol. The van der Waals surface area contributed by atoms with E-state index >= 15 is 0 Å². The number of carbonyl (C=O) groups is 6. The summed E-state index contributed by atoms with van der Waals surface area (Å²) in [6, 6.07) is 25.8. The summed E-state index contributed by atoms with van der Waals surface area (Å²) in [5, 5.41) is 5.41. The Balaban J connectivity index is 0.000000571. The lowest BCUT2D eigenvalue weighted by atomic mass is 10.0. The van der Waals surface area contributed by atoms with Gasteiger partial charge in [-0.15, -0.1) is 0 Å². The molecule has 6 amide bonds. The summed E-state index contributed by atoms with van der Waals surface area (Å²) in [5.74, 6) is 2.50. The highest BCUT2D eigenvalue weighted by Gasteiger charge is 2.42. The summed E-state index contributed by atoms with van der Waals surface area (Å²) in [6.45, 7) is 18.0. The SMILES string of the molecule is COOC=N[C@H](C(=O)N1CCC[C@H]1c1ncc(-c2ccc(C=CCc3ccc4nc([C@@H]5CCCN5C(=O)[C@@H](NC(=O)OC)C(C)C)[nH]c4c3)cc2)[nH]1)C(C)C.COOC=N[C@H](C(=O)N1CCC[C@H]1c1ncc(-c2ccc(CC=Cc3ccc4nc([C@@H]5CCCN5C(=O)[C@@H](NC(=O)OC)C(C)C)[nH]c4c3)cc2)[nH]1)C(C)C.S.S.S.S.S.S.S.S. The topological polar surface area (TPSA) is 334 Å². The molecule has 0 bridgehead atoms. The van der Waals surface area contributed by atoms with Crippen LogP contribution in [0.5, 0.6) is 0 Å². The molecule has 0 unspecified atom stereocenters. The van der Waals surface area contributed by atoms with Crippen LogP contribution in [0.3, 0.4) is 0 Å². The van der Waals surface area contributed by atoms with Crippen molar-refractivity contribution in [3.05, 3.63) is 155 Å². The van der Waals surface area contributed by atoms with E-state index in [9.17, 15) is 28.8 Å². The Bertz CT molecular complexity index is 4610. The van der Waals surface area contributed by atoms with E-state index in [2.05, 4.69) is 151 Å². The van der Waals surface area contributed by atoms with Crippen LogP contribution in [-0.2, 0) is 61.0 Å². The number of imidazole rings is 4. The quantitative estimate of drug-likeness (QED) is 0.0115. The molecule has 4 aromatic heterocycles. The summed E-state index contributed by atoms with van der Waals surface area (Å²) >= 11 is 0. The van der Waals surface area contributed by atoms with E-state index in [0.29, 0.717) is 26.2 Å². The Morgan fingerprint density at radius 3 is 1.19 bits per heavy atom. The van der Waals surface area contributed by atoms with Crippen LogP contribution in [0.1, 0.15) is 176 Å². The Kier molecular flexibility index (Phi) is 43.6. The fourth-order valence-electron chi connectivity index (χ4n) is 14.9. The molecule has 8 aromatic rings. The van der Waals surface area contributed by atoms with E-state index in [1.807, 2.05) is 106 Å². The highest BCUT2D eigenvalue weighted by Crippen LogP contribution is 2.38. The molecule has 0 aliphatic carbocycles. The van der Waals surface area contributed by atoms with Crippen molar-refractivity contribution < 1.29 is 57.8 Å². The highest BCUT2D eigenvalue weighted by molar-refractivity contribution is 7.60. The molecule has 0 spiro atoms. The first-order chi connectivity index (χ1) is 53.1. The van der Waals surface area contributed by atoms with Gasteiger partial charge in [0.2, 0.25) is 36.4 Å². The van der Waals surface area contributed by atoms with Gasteiger partial charge < -0.3 is 69.4 Å². The number of aliphatic imine (C=N–C) groups is 2. The lowest BCUT2D eigenvalue weighted by molar-refractivity contribution is -0.188. The molecule has 4 saturated heterocycles. The molecule has 12 rings (SSSR count). The fourth-order valence-corrected chi connectivity index (χ4v) is 14.9. The average Bonchev–Trinajstić information content (AvgIpc) is 1.65. The molecule has 36 heteroatoms. The molecule has 6 N–H and O–H groups in total. The van der Waals surface area contributed by atoms with Gasteiger partial charge in [0, 0.05) is 26.2 Å². The molecule has 648 valence electrons. The summed E-state index contributed by atoms with van der Waals surface area (Å²) in [4.78, 5) is 146. The number of fused-ring (bicyclic) bond motifs is 2. The lowest BCUT2D eigenvalue weighted by Gasteiger charge is -2.29. The third-order valence-corrected chi connectivity index (χ3v) is 20.8. The molecule has 8 atom stereocenters. The second-order valence-electron chi connectivity index (χ2n) is 29.7. The molecule has 8 heterocycles. The van der Waals surface area contributed by atoms with Gasteiger partial charge in [0.15, 0.2) is 0 Å². The zero-order chi connectivity index (χ0) is 78.1. The van der Waals surface area contributed by atoms with E-state index in [1.165, 1.54) is 46.8 Å². The number of benzene rings is 4. The maximum Gasteiger partial charge on any atom is 0.407 e. The maximum atomic E-state index is 13.5. The minimum absolute atomic E-state index is 0. The van der Waals surface area contributed by atoms with Gasteiger partial charge in [0.05, 0.1) is 98.5 Å². The number of hydrogen-bond donors (Lipinski definition) is 6. The number of aromatic amines is 4. The van der Waals surface area contributed by atoms with Gasteiger partial charge in [-0.25, -0.2) is 39.5 Å². The van der Waals surface area contributed by atoms with Crippen molar-refractivity contribution in [1.29, 1.82) is 0 Å². The van der Waals surface area contributed by atoms with E-state index in [0.717, 1.165) is 149 Å². The number of methoxy groups -OCH3 is 2. The Morgan fingerprint density at radius 2 is 0.797 bits per heavy atom. The molecule has 4 aliphatic rings. The van der Waals surface area contributed by atoms with E-state index in [-0.39, 0.29) is 179 Å². The van der Waals surface area contributed by atoms with Crippen molar-refractivity contribution in [1.82, 2.24) is 70.1 Å². The smallest absolute Gasteiger partial charge is 0.407 e. The van der Waals surface area contributed by atoms with Crippen LogP contribution in [0.25, 0.3) is 56.7 Å². The Labute approximate surface area is 747 Å². The van der Waals surface area contributed by atoms with Crippen LogP contribution in [0, 0.1) is 23.7 Å². The number of H-pyrrole nitrogens is 4. The van der Waals surface area contributed by atoms with Gasteiger partial charge in [-0.3, -0.25) is 19.2 Å². The zero-order valence-electron chi connectivity index (χ0n) is 68.9. The van der Waals surface area contributed by atoms with Crippen LogP contribution < -0.4 is 10.6 Å². The van der Waals surface area contributed by atoms with Crippen molar-refractivity contribution in [2.75, 3.05) is 54.6 Å². The van der Waals surface area contributed by atoms with Crippen molar-refractivity contribution in [3.63, 3.8) is 0 Å². The predicted octanol–water partition coefficient (Wildman–Crippen LogP) is 14.0. The number of ether oxygens (including phenoxy) is 2. The van der Waals surface area contributed by atoms with Crippen LogP contribution in [0.2, 0.25) is 0 Å². The van der Waals surface area contributed by atoms with E-state index in [1.54, 1.807) is 0 Å². The number of alkyl carbamates (subject to hydrolysis) is 2. The van der Waals surface area contributed by atoms with Crippen molar-refractivity contribution in [2.24, 2.45) is 33.7 Å². The van der Waals surface area contributed by atoms with E-state index in [4.69, 9.17) is 29.2 Å². The fraction of sp³-hybridized carbons (Fsp3) is 0.463. The molecule has 4 fully saturated rings. The highest BCUT2D eigenvalue weighted by atomic mass is 32.1. The lowest BCUT2D eigenvalue weighted by Crippen LogP contribution is -2.51. The third kappa shape index (κ3) is 25.9. The van der Waals surface area contributed by atoms with Crippen LogP contribution in [0.15, 0.2) is 119 Å². The molecule has 4 aromatic carbocycles. The second kappa shape index (κ2) is 49.5. The van der Waals surface area contributed by atoms with E-state index < -0.39 is 36.4 Å². The van der Waals surface area contributed by atoms with Crippen LogP contribution in [-0.4, -0.2) is 187 Å². The minimum atomic E-state index is -0.678. The van der Waals surface area contributed by atoms with Crippen molar-refractivity contribution in [3.8, 4) is 22.5 Å². The Hall–Kier alpha value is -8.20. The van der Waals surface area contributed by atoms with Gasteiger partial charge in [-0.05, 0) is 146 Å². The molecule has 118 heavy (non-hydrogen) atoms. The molecule has 4 aliphatic heterocycles. The molecular formula is C82H120N16O12S8. The van der Waals surface area contributed by atoms with Crippen molar-refractivity contribution >= 4 is 191 Å². The van der Waals surface area contributed by atoms with Gasteiger partial charge in [-0.2, -0.15) is 118 Å². The number of allylic oxidation sites excluding steroid dienone is 2. The Morgan fingerprint density at radius 1 is 0.441 bits per heavy atom. The number of carbonyl (C=O) groups excluding carboxylic acids is 6. The van der Waals surface area contributed by atoms with Crippen LogP contribution >= 0.6 is 108 Å². The number of aromatic nitrogens is 8. The second-order valence-corrected chi connectivity index (χ2v) is 29.7. The van der Waals surface area contributed by atoms with Gasteiger partial charge >= 0.3 is 12.2 Å². The first-order valence-electron chi connectivity index (χ1n) is 38.1. The molecular weight excluding hydrogens is 1660 g/mol. The summed E-state index contributed by atoms with van der Waals surface area (Å²) in [7, 11) is 5.38. The van der Waals surface area contributed by atoms with Crippen molar-refractivity contribution in [2.45, 2.75) is 168 Å². The number of likely N-dealkylation sites (tertiary alicyclic amines) is 4. The maximum absolute atomic E-state index is 13.5. The standard InChI is InChI=1S/2C41H52N8O6.8H2S/c2*1-25(2)35(43-24-55-54-6)39(50)48-20-8-12-33(48)37-42-23-32(46-37)29-17-14-27(15-18-29)10-7-11-28-16-19-30-31(22-28)45-38(44-30)34-13-9-21-49(34)40(51)36(26(3)4)47-41(52)53-5;;;;;;;;/h7,11,14-19,22-26,33-36H,8-10,12-13,20-21H2,1-6H3,(H,42,46)(H,44,45)(H,47,52);7,10,14-19,22-26,33-36H,8-9,11-13,20-21H2,1-6H3,(H,42,46)(H,44,45)(H,47,52);8*1H2/t2*33-,34-,35-,36-;;;;;;;;/m00......../s1. The molecule has 0 radical (unpaired) electrons. The largest absolute Gasteiger partial charge is 0.453 e. The van der Waals surface area contributed by atoms with Gasteiger partial charge in [0.1, 0.15) is 47.5 Å². The van der Waals surface area contributed by atoms with Gasteiger partial charge in [-0.1, -0.05) is 140 Å². The molecule has 28 nitrogen and oxygen atoms in total. The number of hydrogen-bond acceptors (Lipinski definition) is 18. The number of amides is 6. The number of nitrogens with zero attached hydrogens (tertiary/aromatic N) is 10. The van der Waals surface area contributed by atoms with Crippen LogP contribution in [0.4, 0.5) is 9.59 Å². The zero-order valence-corrected chi connectivity index (χ0v) is 76.9. The first-order valence-corrected chi connectivity index (χ1v) is 38.1. The normalized spacial score (nSPS) is 17.4. The number of rotatable bonds is 28. The summed E-state index contributed by atoms with van der Waals surface area (Å²) in [5.41, 5.74) is 11.8. The number of nitrogens with one attached hydrogen (secondary N) is 6. The average molecular weight is 1780 g/mol. The minimum Gasteiger partial charge on any atom is -0.453 e. The third-order valence-electron chi connectivity index (χ3n) is 20.8. The van der Waals surface area contributed by atoms with Gasteiger partial charge in [0.25, 0.3) is 0 Å². The molecule has 0 saturated carbocycles. The predicted molar refractivity (Wildman–Crippen MR) is 502 cm³/mol. The summed E-state index contributed by atoms with van der Waals surface area (Å²) < 4.78 is 9.52. The summed E-state index contributed by atoms with van der Waals surface area (Å²) in [6.07, 6.45) is 21.5.